The Bertz CT molecular complexity index is 195. The van der Waals surface area contributed by atoms with Crippen molar-refractivity contribution in [2.75, 3.05) is 19.5 Å². The van der Waals surface area contributed by atoms with Crippen molar-refractivity contribution >= 4 is 10.0 Å². The highest BCUT2D eigenvalue weighted by atomic mass is 32.2. The molecule has 0 aromatic rings. The van der Waals surface area contributed by atoms with Crippen LogP contribution in [0.25, 0.3) is 0 Å². The first-order valence-electron chi connectivity index (χ1n) is 2.87. The van der Waals surface area contributed by atoms with Crippen molar-refractivity contribution < 1.29 is 13.2 Å². The second-order valence-electron chi connectivity index (χ2n) is 2.14. The van der Waals surface area contributed by atoms with E-state index in [0.29, 0.717) is 13.3 Å². The quantitative estimate of drug-likeness (QED) is 0.520. The number of nitrogens with one attached hydrogen (secondary N) is 2. The Morgan fingerprint density at radius 3 is 2.80 bits per heavy atom. The zero-order valence-electron chi connectivity index (χ0n) is 5.62. The SMILES string of the molecule is CS(=O)(=O)NC1CNCO1. The van der Waals surface area contributed by atoms with Gasteiger partial charge in [-0.25, -0.2) is 8.42 Å². The highest BCUT2D eigenvalue weighted by Crippen LogP contribution is 1.93. The molecule has 60 valence electrons. The van der Waals surface area contributed by atoms with Crippen LogP contribution in [-0.2, 0) is 14.8 Å². The summed E-state index contributed by atoms with van der Waals surface area (Å²) >= 11 is 0. The molecule has 0 bridgehead atoms. The monoisotopic (exact) mass is 166 g/mol. The molecule has 1 aliphatic heterocycles. The summed E-state index contributed by atoms with van der Waals surface area (Å²) in [5.41, 5.74) is 0. The van der Waals surface area contributed by atoms with E-state index in [-0.39, 0.29) is 0 Å². The lowest BCUT2D eigenvalue weighted by molar-refractivity contribution is 0.106. The van der Waals surface area contributed by atoms with Gasteiger partial charge >= 0.3 is 0 Å². The third-order valence-electron chi connectivity index (χ3n) is 1.06. The maximum atomic E-state index is 10.6. The van der Waals surface area contributed by atoms with Gasteiger partial charge in [0.25, 0.3) is 0 Å². The number of hydrogen-bond acceptors (Lipinski definition) is 4. The zero-order chi connectivity index (χ0) is 7.61. The van der Waals surface area contributed by atoms with Gasteiger partial charge in [-0.1, -0.05) is 0 Å². The third-order valence-corrected chi connectivity index (χ3v) is 1.75. The number of hydrogen-bond donors (Lipinski definition) is 2. The van der Waals surface area contributed by atoms with Crippen molar-refractivity contribution in [3.05, 3.63) is 0 Å². The van der Waals surface area contributed by atoms with Crippen molar-refractivity contribution in [1.29, 1.82) is 0 Å². The molecule has 2 N–H and O–H groups in total. The first-order chi connectivity index (χ1) is 4.58. The standard InChI is InChI=1S/C4H10N2O3S/c1-10(7,8)6-4-2-5-3-9-4/h4-6H,2-3H2,1H3. The molecule has 0 radical (unpaired) electrons. The molecule has 0 spiro atoms. The molecular formula is C4H10N2O3S. The van der Waals surface area contributed by atoms with E-state index >= 15 is 0 Å². The summed E-state index contributed by atoms with van der Waals surface area (Å²) in [6.07, 6.45) is 0.712. The first-order valence-corrected chi connectivity index (χ1v) is 4.77. The van der Waals surface area contributed by atoms with Crippen molar-refractivity contribution in [1.82, 2.24) is 10.0 Å². The van der Waals surface area contributed by atoms with Crippen LogP contribution in [0.4, 0.5) is 0 Å². The average Bonchev–Trinajstić information content (AvgIpc) is 2.12. The highest BCUT2D eigenvalue weighted by molar-refractivity contribution is 7.88. The number of rotatable bonds is 2. The zero-order valence-corrected chi connectivity index (χ0v) is 6.44. The van der Waals surface area contributed by atoms with E-state index in [2.05, 4.69) is 10.0 Å². The summed E-state index contributed by atoms with van der Waals surface area (Å²) in [5.74, 6) is 0. The third kappa shape index (κ3) is 2.61. The summed E-state index contributed by atoms with van der Waals surface area (Å²) < 4.78 is 28.4. The number of ether oxygens (including phenoxy) is 1. The van der Waals surface area contributed by atoms with Crippen molar-refractivity contribution in [2.24, 2.45) is 0 Å². The van der Waals surface area contributed by atoms with Gasteiger partial charge in [-0.05, 0) is 0 Å². The van der Waals surface area contributed by atoms with Crippen LogP contribution in [0.3, 0.4) is 0 Å². The van der Waals surface area contributed by atoms with Crippen LogP contribution in [0.15, 0.2) is 0 Å². The predicted molar refractivity (Wildman–Crippen MR) is 35.7 cm³/mol. The maximum absolute atomic E-state index is 10.6. The van der Waals surface area contributed by atoms with E-state index in [0.717, 1.165) is 6.26 Å². The molecule has 0 amide bonds. The van der Waals surface area contributed by atoms with Crippen LogP contribution >= 0.6 is 0 Å². The molecule has 0 aliphatic carbocycles. The van der Waals surface area contributed by atoms with Gasteiger partial charge in [0.1, 0.15) is 6.23 Å². The lowest BCUT2D eigenvalue weighted by Crippen LogP contribution is -2.36. The minimum Gasteiger partial charge on any atom is -0.346 e. The van der Waals surface area contributed by atoms with Gasteiger partial charge in [0, 0.05) is 6.54 Å². The smallest absolute Gasteiger partial charge is 0.210 e. The fourth-order valence-corrected chi connectivity index (χ4v) is 1.35. The first kappa shape index (κ1) is 7.93. The summed E-state index contributed by atoms with van der Waals surface area (Å²) in [6, 6.07) is 0. The molecule has 5 nitrogen and oxygen atoms in total. The molecule has 1 fully saturated rings. The van der Waals surface area contributed by atoms with E-state index in [1.54, 1.807) is 0 Å². The van der Waals surface area contributed by atoms with Gasteiger partial charge in [-0.15, -0.1) is 0 Å². The normalized spacial score (nSPS) is 27.1. The Hall–Kier alpha value is -0.170. The lowest BCUT2D eigenvalue weighted by atomic mass is 10.6. The van der Waals surface area contributed by atoms with E-state index in [9.17, 15) is 8.42 Å². The second-order valence-corrected chi connectivity index (χ2v) is 3.92. The number of sulfonamides is 1. The fraction of sp³-hybridized carbons (Fsp3) is 1.00. The molecule has 0 aromatic heterocycles. The van der Waals surface area contributed by atoms with Crippen molar-refractivity contribution in [2.45, 2.75) is 6.23 Å². The lowest BCUT2D eigenvalue weighted by Gasteiger charge is -2.07. The molecule has 1 heterocycles. The average molecular weight is 166 g/mol. The van der Waals surface area contributed by atoms with Gasteiger partial charge in [0.05, 0.1) is 13.0 Å². The summed E-state index contributed by atoms with van der Waals surface area (Å²) in [5, 5.41) is 2.85. The molecule has 10 heavy (non-hydrogen) atoms. The molecule has 1 atom stereocenters. The maximum Gasteiger partial charge on any atom is 0.210 e. The van der Waals surface area contributed by atoms with Gasteiger partial charge in [-0.3, -0.25) is 5.32 Å². The Balaban J connectivity index is 2.38. The van der Waals surface area contributed by atoms with Crippen LogP contribution in [0.5, 0.6) is 0 Å². The topological polar surface area (TPSA) is 67.4 Å². The van der Waals surface area contributed by atoms with Gasteiger partial charge < -0.3 is 4.74 Å². The van der Waals surface area contributed by atoms with Gasteiger partial charge in [0.2, 0.25) is 10.0 Å². The van der Waals surface area contributed by atoms with Crippen LogP contribution in [-0.4, -0.2) is 34.2 Å². The fourth-order valence-electron chi connectivity index (χ4n) is 0.723. The Labute approximate surface area is 59.8 Å². The van der Waals surface area contributed by atoms with Gasteiger partial charge in [-0.2, -0.15) is 4.72 Å². The molecule has 6 heteroatoms. The minimum atomic E-state index is -3.12. The molecule has 1 aliphatic rings. The molecular weight excluding hydrogens is 156 g/mol. The van der Waals surface area contributed by atoms with Crippen molar-refractivity contribution in [3.8, 4) is 0 Å². The van der Waals surface area contributed by atoms with E-state index in [4.69, 9.17) is 4.74 Å². The Kier molecular flexibility index (Phi) is 2.24. The Morgan fingerprint density at radius 2 is 2.40 bits per heavy atom. The van der Waals surface area contributed by atoms with Crippen LogP contribution in [0.1, 0.15) is 0 Å². The minimum absolute atomic E-state index is 0.394. The molecule has 1 unspecified atom stereocenters. The van der Waals surface area contributed by atoms with Gasteiger partial charge in [0.15, 0.2) is 0 Å². The molecule has 1 rings (SSSR count). The van der Waals surface area contributed by atoms with E-state index < -0.39 is 16.3 Å². The van der Waals surface area contributed by atoms with Crippen molar-refractivity contribution in [3.63, 3.8) is 0 Å². The predicted octanol–water partition coefficient (Wildman–Crippen LogP) is -1.56. The summed E-state index contributed by atoms with van der Waals surface area (Å²) in [4.78, 5) is 0. The summed E-state index contributed by atoms with van der Waals surface area (Å²) in [6.45, 7) is 0.945. The van der Waals surface area contributed by atoms with Crippen LogP contribution < -0.4 is 10.0 Å². The molecule has 1 saturated heterocycles. The largest absolute Gasteiger partial charge is 0.346 e. The van der Waals surface area contributed by atoms with E-state index in [1.165, 1.54) is 0 Å². The summed E-state index contributed by atoms with van der Waals surface area (Å²) in [7, 11) is -3.12. The van der Waals surface area contributed by atoms with E-state index in [1.807, 2.05) is 0 Å². The molecule has 0 saturated carbocycles. The highest BCUT2D eigenvalue weighted by Gasteiger charge is 2.17. The van der Waals surface area contributed by atoms with Crippen LogP contribution in [0.2, 0.25) is 0 Å². The molecule has 0 aromatic carbocycles. The van der Waals surface area contributed by atoms with Crippen LogP contribution in [0, 0.1) is 0 Å². The Morgan fingerprint density at radius 1 is 1.70 bits per heavy atom. The second kappa shape index (κ2) is 2.83.